The summed E-state index contributed by atoms with van der Waals surface area (Å²) in [6, 6.07) is 6.33. The van der Waals surface area contributed by atoms with E-state index in [1.807, 2.05) is 0 Å². The fraction of sp³-hybridized carbons (Fsp3) is 0.444. The Morgan fingerprint density at radius 1 is 1.31 bits per heavy atom. The molecule has 2 aromatic rings. The SMILES string of the molecule is CCOC(=O)c1cc2cc(C(=O)N3CCC[C@@H](C(F)(F)F)C3)ccc2[nH]1. The number of likely N-dealkylation sites (tertiary alicyclic amines) is 1. The van der Waals surface area contributed by atoms with Gasteiger partial charge in [0.15, 0.2) is 0 Å². The van der Waals surface area contributed by atoms with Crippen LogP contribution in [0.1, 0.15) is 40.6 Å². The Hall–Kier alpha value is -2.51. The number of fused-ring (bicyclic) bond motifs is 1. The van der Waals surface area contributed by atoms with Gasteiger partial charge < -0.3 is 14.6 Å². The van der Waals surface area contributed by atoms with Crippen LogP contribution < -0.4 is 0 Å². The van der Waals surface area contributed by atoms with Crippen LogP contribution in [0.3, 0.4) is 0 Å². The van der Waals surface area contributed by atoms with Crippen LogP contribution in [0.2, 0.25) is 0 Å². The predicted octanol–water partition coefficient (Wildman–Crippen LogP) is 3.76. The Morgan fingerprint density at radius 2 is 2.08 bits per heavy atom. The molecular formula is C18H19F3N2O3. The lowest BCUT2D eigenvalue weighted by molar-refractivity contribution is -0.184. The number of hydrogen-bond donors (Lipinski definition) is 1. The first kappa shape index (κ1) is 18.3. The number of aromatic nitrogens is 1. The highest BCUT2D eigenvalue weighted by Gasteiger charge is 2.42. The summed E-state index contributed by atoms with van der Waals surface area (Å²) in [6.45, 7) is 1.93. The van der Waals surface area contributed by atoms with Gasteiger partial charge in [-0.05, 0) is 44.0 Å². The number of H-pyrrole nitrogens is 1. The van der Waals surface area contributed by atoms with E-state index in [2.05, 4.69) is 4.98 Å². The lowest BCUT2D eigenvalue weighted by atomic mass is 9.97. The van der Waals surface area contributed by atoms with E-state index in [9.17, 15) is 22.8 Å². The van der Waals surface area contributed by atoms with Crippen LogP contribution in [-0.2, 0) is 4.74 Å². The molecule has 1 saturated heterocycles. The highest BCUT2D eigenvalue weighted by atomic mass is 19.4. The van der Waals surface area contributed by atoms with Crippen LogP contribution in [0.5, 0.6) is 0 Å². The zero-order valence-electron chi connectivity index (χ0n) is 14.2. The molecule has 2 heterocycles. The number of ether oxygens (including phenoxy) is 1. The summed E-state index contributed by atoms with van der Waals surface area (Å²) in [6.07, 6.45) is -3.92. The minimum Gasteiger partial charge on any atom is -0.461 e. The number of halogens is 3. The molecule has 1 aromatic heterocycles. The van der Waals surface area contributed by atoms with Gasteiger partial charge in [-0.3, -0.25) is 4.79 Å². The number of benzene rings is 1. The van der Waals surface area contributed by atoms with E-state index >= 15 is 0 Å². The molecule has 1 aromatic carbocycles. The fourth-order valence-corrected chi connectivity index (χ4v) is 3.20. The summed E-state index contributed by atoms with van der Waals surface area (Å²) >= 11 is 0. The number of alkyl halides is 3. The Balaban J connectivity index is 1.81. The molecule has 26 heavy (non-hydrogen) atoms. The largest absolute Gasteiger partial charge is 0.461 e. The normalized spacial score (nSPS) is 18.2. The highest BCUT2D eigenvalue weighted by molar-refractivity contribution is 6.00. The van der Waals surface area contributed by atoms with Gasteiger partial charge in [-0.25, -0.2) is 4.79 Å². The number of amides is 1. The maximum Gasteiger partial charge on any atom is 0.393 e. The molecule has 0 saturated carbocycles. The Bertz CT molecular complexity index is 829. The minimum absolute atomic E-state index is 0.0486. The van der Waals surface area contributed by atoms with Gasteiger partial charge in [0.2, 0.25) is 0 Å². The molecule has 0 aliphatic carbocycles. The van der Waals surface area contributed by atoms with E-state index in [-0.39, 0.29) is 25.3 Å². The van der Waals surface area contributed by atoms with Gasteiger partial charge in [-0.1, -0.05) is 0 Å². The number of aromatic amines is 1. The predicted molar refractivity (Wildman–Crippen MR) is 88.9 cm³/mol. The number of rotatable bonds is 3. The molecule has 8 heteroatoms. The molecular weight excluding hydrogens is 349 g/mol. The summed E-state index contributed by atoms with van der Waals surface area (Å²) in [4.78, 5) is 28.5. The van der Waals surface area contributed by atoms with Gasteiger partial charge in [0.1, 0.15) is 5.69 Å². The molecule has 5 nitrogen and oxygen atoms in total. The molecule has 0 bridgehead atoms. The molecule has 0 radical (unpaired) electrons. The lowest BCUT2D eigenvalue weighted by Crippen LogP contribution is -2.44. The summed E-state index contributed by atoms with van der Waals surface area (Å²) in [5.74, 6) is -2.41. The molecule has 1 fully saturated rings. The minimum atomic E-state index is -4.29. The molecule has 3 rings (SSSR count). The van der Waals surface area contributed by atoms with Crippen LogP contribution in [-0.4, -0.2) is 47.6 Å². The van der Waals surface area contributed by atoms with Crippen molar-refractivity contribution in [3.63, 3.8) is 0 Å². The number of nitrogens with zero attached hydrogens (tertiary/aromatic N) is 1. The Kier molecular flexibility index (Phi) is 4.93. The number of esters is 1. The quantitative estimate of drug-likeness (QED) is 0.839. The van der Waals surface area contributed by atoms with E-state index in [0.29, 0.717) is 29.4 Å². The second kappa shape index (κ2) is 7.01. The van der Waals surface area contributed by atoms with Crippen molar-refractivity contribution in [1.29, 1.82) is 0 Å². The molecule has 0 spiro atoms. The number of piperidine rings is 1. The Morgan fingerprint density at radius 3 is 2.77 bits per heavy atom. The Labute approximate surface area is 148 Å². The highest BCUT2D eigenvalue weighted by Crippen LogP contribution is 2.33. The number of carbonyl (C=O) groups is 2. The van der Waals surface area contributed by atoms with Gasteiger partial charge in [0, 0.05) is 29.6 Å². The molecule has 140 valence electrons. The summed E-state index contributed by atoms with van der Waals surface area (Å²) in [5.41, 5.74) is 1.22. The molecule has 1 aliphatic heterocycles. The topological polar surface area (TPSA) is 62.4 Å². The second-order valence-electron chi connectivity index (χ2n) is 6.34. The molecule has 0 unspecified atom stereocenters. The lowest BCUT2D eigenvalue weighted by Gasteiger charge is -2.33. The van der Waals surface area contributed by atoms with Crippen molar-refractivity contribution in [3.05, 3.63) is 35.5 Å². The van der Waals surface area contributed by atoms with Gasteiger partial charge in [-0.15, -0.1) is 0 Å². The zero-order chi connectivity index (χ0) is 18.9. The summed E-state index contributed by atoms with van der Waals surface area (Å²) < 4.78 is 43.8. The first-order chi connectivity index (χ1) is 12.3. The summed E-state index contributed by atoms with van der Waals surface area (Å²) in [5, 5.41) is 0.628. The van der Waals surface area contributed by atoms with Crippen molar-refractivity contribution in [2.45, 2.75) is 25.9 Å². The maximum atomic E-state index is 12.9. The molecule has 1 aliphatic rings. The smallest absolute Gasteiger partial charge is 0.393 e. The number of hydrogen-bond acceptors (Lipinski definition) is 3. The van der Waals surface area contributed by atoms with Crippen LogP contribution in [0.15, 0.2) is 24.3 Å². The van der Waals surface area contributed by atoms with E-state index in [1.165, 1.54) is 4.90 Å². The third kappa shape index (κ3) is 3.68. The standard InChI is InChI=1S/C18H19F3N2O3/c1-2-26-17(25)15-9-12-8-11(5-6-14(12)22-15)16(24)23-7-3-4-13(10-23)18(19,20)21/h5-6,8-9,13,22H,2-4,7,10H2,1H3/t13-/m1/s1. The van der Waals surface area contributed by atoms with Gasteiger partial charge >= 0.3 is 12.1 Å². The van der Waals surface area contributed by atoms with Gasteiger partial charge in [0.25, 0.3) is 5.91 Å². The number of carbonyl (C=O) groups excluding carboxylic acids is 2. The maximum absolute atomic E-state index is 12.9. The van der Waals surface area contributed by atoms with Gasteiger partial charge in [0.05, 0.1) is 12.5 Å². The molecule has 1 N–H and O–H groups in total. The van der Waals surface area contributed by atoms with E-state index < -0.39 is 24.0 Å². The molecule has 1 atom stereocenters. The van der Waals surface area contributed by atoms with Crippen molar-refractivity contribution in [1.82, 2.24) is 9.88 Å². The third-order valence-corrected chi connectivity index (χ3v) is 4.53. The van der Waals surface area contributed by atoms with Gasteiger partial charge in [-0.2, -0.15) is 13.2 Å². The van der Waals surface area contributed by atoms with Crippen LogP contribution in [0.25, 0.3) is 10.9 Å². The van der Waals surface area contributed by atoms with Crippen molar-refractivity contribution >= 4 is 22.8 Å². The van der Waals surface area contributed by atoms with Crippen LogP contribution >= 0.6 is 0 Å². The van der Waals surface area contributed by atoms with E-state index in [4.69, 9.17) is 4.74 Å². The first-order valence-electron chi connectivity index (χ1n) is 8.45. The van der Waals surface area contributed by atoms with Crippen LogP contribution in [0, 0.1) is 5.92 Å². The first-order valence-corrected chi connectivity index (χ1v) is 8.45. The fourth-order valence-electron chi connectivity index (χ4n) is 3.20. The van der Waals surface area contributed by atoms with Crippen molar-refractivity contribution < 1.29 is 27.5 Å². The van der Waals surface area contributed by atoms with Crippen molar-refractivity contribution in [2.75, 3.05) is 19.7 Å². The zero-order valence-corrected chi connectivity index (χ0v) is 14.2. The monoisotopic (exact) mass is 368 g/mol. The van der Waals surface area contributed by atoms with E-state index in [1.54, 1.807) is 31.2 Å². The van der Waals surface area contributed by atoms with Crippen molar-refractivity contribution in [3.8, 4) is 0 Å². The average Bonchev–Trinajstić information content (AvgIpc) is 3.04. The number of nitrogens with one attached hydrogen (secondary N) is 1. The average molecular weight is 368 g/mol. The molecule has 1 amide bonds. The van der Waals surface area contributed by atoms with E-state index in [0.717, 1.165) is 0 Å². The third-order valence-electron chi connectivity index (χ3n) is 4.53. The summed E-state index contributed by atoms with van der Waals surface area (Å²) in [7, 11) is 0. The van der Waals surface area contributed by atoms with Crippen molar-refractivity contribution in [2.24, 2.45) is 5.92 Å². The second-order valence-corrected chi connectivity index (χ2v) is 6.34. The van der Waals surface area contributed by atoms with Crippen LogP contribution in [0.4, 0.5) is 13.2 Å².